The second-order valence-corrected chi connectivity index (χ2v) is 7.87. The van der Waals surface area contributed by atoms with Crippen LogP contribution >= 0.6 is 11.8 Å². The van der Waals surface area contributed by atoms with Gasteiger partial charge in [-0.15, -0.1) is 11.8 Å². The molecule has 1 rings (SSSR count). The van der Waals surface area contributed by atoms with Crippen molar-refractivity contribution in [1.29, 1.82) is 0 Å². The Labute approximate surface area is 118 Å². The molecule has 1 unspecified atom stereocenters. The number of sulfone groups is 1. The van der Waals surface area contributed by atoms with Crippen LogP contribution in [0.15, 0.2) is 29.2 Å². The van der Waals surface area contributed by atoms with Crippen LogP contribution in [0.4, 0.5) is 4.39 Å². The van der Waals surface area contributed by atoms with Crippen molar-refractivity contribution < 1.29 is 17.9 Å². The van der Waals surface area contributed by atoms with E-state index in [1.807, 2.05) is 0 Å². The Morgan fingerprint density at radius 1 is 1.42 bits per heavy atom. The highest BCUT2D eigenvalue weighted by atomic mass is 32.2. The summed E-state index contributed by atoms with van der Waals surface area (Å²) in [5, 5.41) is 9.74. The number of benzene rings is 1. The van der Waals surface area contributed by atoms with E-state index in [1.54, 1.807) is 19.1 Å². The molecular weight excluding hydrogens is 287 g/mol. The van der Waals surface area contributed by atoms with Crippen molar-refractivity contribution in [3.63, 3.8) is 0 Å². The highest BCUT2D eigenvalue weighted by Crippen LogP contribution is 2.20. The molecule has 0 saturated carbocycles. The predicted molar refractivity (Wildman–Crippen MR) is 76.7 cm³/mol. The summed E-state index contributed by atoms with van der Waals surface area (Å²) in [5.74, 6) is 0.399. The molecule has 0 aromatic heterocycles. The van der Waals surface area contributed by atoms with E-state index < -0.39 is 15.9 Å². The van der Waals surface area contributed by atoms with E-state index >= 15 is 0 Å². The molecule has 1 N–H and O–H groups in total. The van der Waals surface area contributed by atoms with Crippen LogP contribution in [0.25, 0.3) is 0 Å². The summed E-state index contributed by atoms with van der Waals surface area (Å²) in [4.78, 5) is 0.764. The van der Waals surface area contributed by atoms with Crippen LogP contribution in [-0.4, -0.2) is 36.9 Å². The van der Waals surface area contributed by atoms with Crippen molar-refractivity contribution in [3.8, 4) is 0 Å². The third kappa shape index (κ3) is 6.94. The first-order valence-corrected chi connectivity index (χ1v) is 9.00. The van der Waals surface area contributed by atoms with Gasteiger partial charge < -0.3 is 5.11 Å². The molecule has 0 spiro atoms. The zero-order chi connectivity index (χ0) is 14.3. The van der Waals surface area contributed by atoms with Crippen LogP contribution < -0.4 is 0 Å². The van der Waals surface area contributed by atoms with E-state index in [4.69, 9.17) is 0 Å². The molecule has 0 aliphatic carbocycles. The summed E-state index contributed by atoms with van der Waals surface area (Å²) in [5.41, 5.74) is 0. The molecule has 6 heteroatoms. The standard InChI is InChI=1S/C13H19FO3S2/c1-2-19(16,17)8-4-6-12(15)10-18-13-7-3-5-11(14)9-13/h3,5,7,9,12,15H,2,4,6,8,10H2,1H3. The molecule has 1 aromatic carbocycles. The summed E-state index contributed by atoms with van der Waals surface area (Å²) in [7, 11) is -2.96. The minimum Gasteiger partial charge on any atom is -0.392 e. The Morgan fingerprint density at radius 3 is 2.79 bits per heavy atom. The van der Waals surface area contributed by atoms with Crippen molar-refractivity contribution in [2.24, 2.45) is 0 Å². The van der Waals surface area contributed by atoms with E-state index in [1.165, 1.54) is 23.9 Å². The van der Waals surface area contributed by atoms with Crippen LogP contribution in [-0.2, 0) is 9.84 Å². The fraction of sp³-hybridized carbons (Fsp3) is 0.538. The van der Waals surface area contributed by atoms with E-state index in [9.17, 15) is 17.9 Å². The summed E-state index contributed by atoms with van der Waals surface area (Å²) in [6.45, 7) is 1.62. The fourth-order valence-electron chi connectivity index (χ4n) is 1.52. The van der Waals surface area contributed by atoms with E-state index in [-0.39, 0.29) is 17.3 Å². The van der Waals surface area contributed by atoms with Gasteiger partial charge >= 0.3 is 0 Å². The Hall–Kier alpha value is -0.590. The minimum absolute atomic E-state index is 0.116. The highest BCUT2D eigenvalue weighted by Gasteiger charge is 2.10. The molecule has 0 aliphatic rings. The Morgan fingerprint density at radius 2 is 2.16 bits per heavy atom. The average molecular weight is 306 g/mol. The van der Waals surface area contributed by atoms with Crippen molar-refractivity contribution in [3.05, 3.63) is 30.1 Å². The molecule has 0 heterocycles. The molecule has 1 aromatic rings. The monoisotopic (exact) mass is 306 g/mol. The minimum atomic E-state index is -2.96. The average Bonchev–Trinajstić information content (AvgIpc) is 2.36. The van der Waals surface area contributed by atoms with Gasteiger partial charge in [-0.3, -0.25) is 0 Å². The summed E-state index contributed by atoms with van der Waals surface area (Å²) >= 11 is 1.37. The second kappa shape index (κ2) is 7.87. The van der Waals surface area contributed by atoms with Crippen LogP contribution in [0.2, 0.25) is 0 Å². The number of thioether (sulfide) groups is 1. The molecule has 1 atom stereocenters. The van der Waals surface area contributed by atoms with Crippen LogP contribution in [0.3, 0.4) is 0 Å². The van der Waals surface area contributed by atoms with Crippen LogP contribution in [0.5, 0.6) is 0 Å². The van der Waals surface area contributed by atoms with E-state index in [2.05, 4.69) is 0 Å². The van der Waals surface area contributed by atoms with Gasteiger partial charge in [0.1, 0.15) is 15.7 Å². The molecule has 0 amide bonds. The maximum absolute atomic E-state index is 12.9. The van der Waals surface area contributed by atoms with E-state index in [0.717, 1.165) is 4.90 Å². The van der Waals surface area contributed by atoms with Gasteiger partial charge in [-0.1, -0.05) is 13.0 Å². The molecule has 0 saturated heterocycles. The largest absolute Gasteiger partial charge is 0.392 e. The fourth-order valence-corrected chi connectivity index (χ4v) is 3.33. The molecule has 19 heavy (non-hydrogen) atoms. The number of rotatable bonds is 8. The molecule has 0 aliphatic heterocycles. The van der Waals surface area contributed by atoms with Gasteiger partial charge in [-0.2, -0.15) is 0 Å². The zero-order valence-corrected chi connectivity index (χ0v) is 12.5. The molecule has 0 radical (unpaired) electrons. The van der Waals surface area contributed by atoms with Crippen molar-refractivity contribution >= 4 is 21.6 Å². The lowest BCUT2D eigenvalue weighted by molar-refractivity contribution is 0.188. The number of hydrogen-bond donors (Lipinski definition) is 1. The lowest BCUT2D eigenvalue weighted by Gasteiger charge is -2.10. The number of aliphatic hydroxyl groups is 1. The third-order valence-corrected chi connectivity index (χ3v) is 5.60. The van der Waals surface area contributed by atoms with Gasteiger partial charge in [0.05, 0.1) is 11.9 Å². The van der Waals surface area contributed by atoms with Crippen molar-refractivity contribution in [2.75, 3.05) is 17.3 Å². The summed E-state index contributed by atoms with van der Waals surface area (Å²) < 4.78 is 35.5. The Balaban J connectivity index is 2.27. The van der Waals surface area contributed by atoms with Crippen LogP contribution in [0, 0.1) is 5.82 Å². The Bertz CT molecular complexity index is 488. The first-order valence-electron chi connectivity index (χ1n) is 6.20. The molecule has 3 nitrogen and oxygen atoms in total. The maximum atomic E-state index is 12.9. The molecule has 0 bridgehead atoms. The third-order valence-electron chi connectivity index (χ3n) is 2.67. The quantitative estimate of drug-likeness (QED) is 0.750. The SMILES string of the molecule is CCS(=O)(=O)CCCC(O)CSc1cccc(F)c1. The summed E-state index contributed by atoms with van der Waals surface area (Å²) in [6.07, 6.45) is 0.336. The van der Waals surface area contributed by atoms with Crippen LogP contribution in [0.1, 0.15) is 19.8 Å². The second-order valence-electron chi connectivity index (χ2n) is 4.30. The molecule has 108 valence electrons. The van der Waals surface area contributed by atoms with Gasteiger partial charge in [0.2, 0.25) is 0 Å². The smallest absolute Gasteiger partial charge is 0.150 e. The summed E-state index contributed by atoms with van der Waals surface area (Å²) in [6, 6.07) is 6.19. The lowest BCUT2D eigenvalue weighted by atomic mass is 10.2. The van der Waals surface area contributed by atoms with Gasteiger partial charge in [-0.25, -0.2) is 12.8 Å². The highest BCUT2D eigenvalue weighted by molar-refractivity contribution is 7.99. The zero-order valence-electron chi connectivity index (χ0n) is 10.9. The number of halogens is 1. The van der Waals surface area contributed by atoms with Gasteiger partial charge in [0.25, 0.3) is 0 Å². The Kier molecular flexibility index (Phi) is 6.82. The maximum Gasteiger partial charge on any atom is 0.150 e. The van der Waals surface area contributed by atoms with E-state index in [0.29, 0.717) is 18.6 Å². The van der Waals surface area contributed by atoms with Crippen molar-refractivity contribution in [1.82, 2.24) is 0 Å². The molecular formula is C13H19FO3S2. The lowest BCUT2D eigenvalue weighted by Crippen LogP contribution is -2.14. The van der Waals surface area contributed by atoms with Gasteiger partial charge in [0.15, 0.2) is 0 Å². The first-order chi connectivity index (χ1) is 8.93. The number of hydrogen-bond acceptors (Lipinski definition) is 4. The number of aliphatic hydroxyl groups excluding tert-OH is 1. The van der Waals surface area contributed by atoms with Crippen molar-refractivity contribution in [2.45, 2.75) is 30.8 Å². The van der Waals surface area contributed by atoms with Gasteiger partial charge in [0, 0.05) is 16.4 Å². The van der Waals surface area contributed by atoms with Gasteiger partial charge in [-0.05, 0) is 31.0 Å². The predicted octanol–water partition coefficient (Wildman–Crippen LogP) is 2.49. The topological polar surface area (TPSA) is 54.4 Å². The normalized spacial score (nSPS) is 13.4. The molecule has 0 fully saturated rings. The first kappa shape index (κ1) is 16.5.